The first-order valence-electron chi connectivity index (χ1n) is 10.6. The molecule has 0 aliphatic rings. The number of carbonyl (C=O) groups is 1. The Morgan fingerprint density at radius 1 is 0.861 bits per heavy atom. The van der Waals surface area contributed by atoms with Crippen LogP contribution in [-0.2, 0) is 10.0 Å². The van der Waals surface area contributed by atoms with E-state index in [9.17, 15) is 17.6 Å². The number of carbonyl (C=O) groups excluding carboxylic acids is 1. The van der Waals surface area contributed by atoms with Gasteiger partial charge in [-0.1, -0.05) is 41.9 Å². The molecule has 36 heavy (non-hydrogen) atoms. The van der Waals surface area contributed by atoms with E-state index in [-0.39, 0.29) is 33.3 Å². The Balaban J connectivity index is 1.64. The van der Waals surface area contributed by atoms with Crippen LogP contribution in [-0.4, -0.2) is 21.4 Å². The molecule has 0 aromatic heterocycles. The van der Waals surface area contributed by atoms with E-state index in [1.807, 2.05) is 6.07 Å². The van der Waals surface area contributed by atoms with Crippen molar-refractivity contribution >= 4 is 38.9 Å². The lowest BCUT2D eigenvalue weighted by Gasteiger charge is -2.16. The van der Waals surface area contributed by atoms with Crippen molar-refractivity contribution in [2.24, 2.45) is 0 Å². The van der Waals surface area contributed by atoms with Crippen LogP contribution in [0.5, 0.6) is 17.2 Å². The first-order valence-corrected chi connectivity index (χ1v) is 12.4. The molecule has 0 saturated heterocycles. The molecule has 0 aliphatic carbocycles. The minimum atomic E-state index is -4.17. The van der Waals surface area contributed by atoms with E-state index in [2.05, 4.69) is 10.0 Å². The number of amides is 1. The minimum Gasteiger partial charge on any atom is -0.495 e. The van der Waals surface area contributed by atoms with E-state index in [4.69, 9.17) is 21.1 Å². The Labute approximate surface area is 212 Å². The van der Waals surface area contributed by atoms with E-state index in [0.717, 1.165) is 6.07 Å². The highest BCUT2D eigenvalue weighted by Gasteiger charge is 2.21. The van der Waals surface area contributed by atoms with Gasteiger partial charge in [0.05, 0.1) is 28.9 Å². The molecule has 184 valence electrons. The quantitative estimate of drug-likeness (QED) is 0.280. The maximum Gasteiger partial charge on any atom is 0.262 e. The third kappa shape index (κ3) is 5.76. The molecule has 10 heteroatoms. The predicted octanol–water partition coefficient (Wildman–Crippen LogP) is 6.33. The Morgan fingerprint density at radius 3 is 2.28 bits per heavy atom. The van der Waals surface area contributed by atoms with Crippen LogP contribution in [0.1, 0.15) is 10.4 Å². The van der Waals surface area contributed by atoms with Crippen LogP contribution in [0.4, 0.5) is 15.8 Å². The summed E-state index contributed by atoms with van der Waals surface area (Å²) in [5.41, 5.74) is -0.0489. The van der Waals surface area contributed by atoms with Crippen molar-refractivity contribution in [3.63, 3.8) is 0 Å². The van der Waals surface area contributed by atoms with Gasteiger partial charge in [0, 0.05) is 5.02 Å². The number of rotatable bonds is 8. The van der Waals surface area contributed by atoms with E-state index in [1.165, 1.54) is 49.6 Å². The van der Waals surface area contributed by atoms with Crippen LogP contribution >= 0.6 is 11.6 Å². The van der Waals surface area contributed by atoms with Gasteiger partial charge in [0.15, 0.2) is 5.75 Å². The second-order valence-electron chi connectivity index (χ2n) is 7.46. The topological polar surface area (TPSA) is 93.7 Å². The zero-order valence-electron chi connectivity index (χ0n) is 18.9. The predicted molar refractivity (Wildman–Crippen MR) is 136 cm³/mol. The van der Waals surface area contributed by atoms with E-state index in [0.29, 0.717) is 10.8 Å². The smallest absolute Gasteiger partial charge is 0.262 e. The lowest BCUT2D eigenvalue weighted by Crippen LogP contribution is -2.17. The van der Waals surface area contributed by atoms with E-state index < -0.39 is 21.7 Å². The zero-order valence-corrected chi connectivity index (χ0v) is 20.4. The number of ether oxygens (including phenoxy) is 2. The van der Waals surface area contributed by atoms with Crippen molar-refractivity contribution in [3.8, 4) is 17.2 Å². The van der Waals surface area contributed by atoms with Crippen molar-refractivity contribution < 1.29 is 27.1 Å². The number of para-hydroxylation sites is 1. The first kappa shape index (κ1) is 25.0. The molecule has 0 unspecified atom stereocenters. The van der Waals surface area contributed by atoms with Crippen molar-refractivity contribution in [1.82, 2.24) is 0 Å². The highest BCUT2D eigenvalue weighted by atomic mass is 35.5. The highest BCUT2D eigenvalue weighted by Crippen LogP contribution is 2.35. The van der Waals surface area contributed by atoms with E-state index in [1.54, 1.807) is 36.4 Å². The Morgan fingerprint density at radius 2 is 1.56 bits per heavy atom. The molecule has 0 radical (unpaired) electrons. The summed E-state index contributed by atoms with van der Waals surface area (Å²) >= 11 is 6.10. The fourth-order valence-electron chi connectivity index (χ4n) is 3.28. The highest BCUT2D eigenvalue weighted by molar-refractivity contribution is 7.92. The maximum absolute atomic E-state index is 14.0. The Kier molecular flexibility index (Phi) is 7.42. The summed E-state index contributed by atoms with van der Waals surface area (Å²) < 4.78 is 54.1. The van der Waals surface area contributed by atoms with Crippen molar-refractivity contribution in [2.45, 2.75) is 4.90 Å². The molecule has 0 aliphatic heterocycles. The van der Waals surface area contributed by atoms with Crippen LogP contribution in [0.25, 0.3) is 0 Å². The molecule has 7 nitrogen and oxygen atoms in total. The third-order valence-corrected chi connectivity index (χ3v) is 6.60. The zero-order chi connectivity index (χ0) is 25.7. The summed E-state index contributed by atoms with van der Waals surface area (Å²) in [6.07, 6.45) is 0. The number of anilines is 2. The molecule has 4 rings (SSSR count). The van der Waals surface area contributed by atoms with Gasteiger partial charge in [-0.15, -0.1) is 0 Å². The lowest BCUT2D eigenvalue weighted by atomic mass is 10.2. The van der Waals surface area contributed by atoms with E-state index >= 15 is 0 Å². The molecule has 0 bridgehead atoms. The monoisotopic (exact) mass is 526 g/mol. The van der Waals surface area contributed by atoms with Gasteiger partial charge >= 0.3 is 0 Å². The molecular weight excluding hydrogens is 507 g/mol. The summed E-state index contributed by atoms with van der Waals surface area (Å²) in [7, 11) is -2.81. The van der Waals surface area contributed by atoms with Gasteiger partial charge in [-0.25, -0.2) is 12.8 Å². The molecule has 0 atom stereocenters. The summed E-state index contributed by atoms with van der Waals surface area (Å²) in [4.78, 5) is 12.4. The number of sulfonamides is 1. The van der Waals surface area contributed by atoms with Crippen molar-refractivity contribution in [2.75, 3.05) is 17.1 Å². The molecule has 1 amide bonds. The molecule has 4 aromatic carbocycles. The summed E-state index contributed by atoms with van der Waals surface area (Å²) in [5.74, 6) is -0.554. The number of nitrogens with one attached hydrogen (secondary N) is 2. The molecular formula is C26H20ClFN2O5S. The number of benzene rings is 4. The fraction of sp³-hybridized carbons (Fsp3) is 0.0385. The second kappa shape index (κ2) is 10.7. The second-order valence-corrected chi connectivity index (χ2v) is 9.58. The fourth-order valence-corrected chi connectivity index (χ4v) is 4.54. The Hall–Kier alpha value is -4.08. The molecule has 2 N–H and O–H groups in total. The van der Waals surface area contributed by atoms with Crippen LogP contribution in [0.15, 0.2) is 95.9 Å². The standard InChI is InChI=1S/C26H20ClFN2O5S/c1-34-24-14-12-19(16-22(24)29-26(31)20-9-5-6-10-21(20)28)36(32,33)30-23-15-17(27)11-13-25(23)35-18-7-3-2-4-8-18/h2-16,30H,1H3,(H,29,31). The van der Waals surface area contributed by atoms with Crippen LogP contribution in [0.3, 0.4) is 0 Å². The van der Waals surface area contributed by atoms with Gasteiger partial charge in [0.25, 0.3) is 15.9 Å². The number of methoxy groups -OCH3 is 1. The minimum absolute atomic E-state index is 0.0421. The van der Waals surface area contributed by atoms with Crippen LogP contribution in [0, 0.1) is 5.82 Å². The average molecular weight is 527 g/mol. The third-order valence-electron chi connectivity index (χ3n) is 5.00. The largest absolute Gasteiger partial charge is 0.495 e. The van der Waals surface area contributed by atoms with Gasteiger partial charge in [-0.2, -0.15) is 0 Å². The van der Waals surface area contributed by atoms with Crippen molar-refractivity contribution in [1.29, 1.82) is 0 Å². The molecule has 4 aromatic rings. The van der Waals surface area contributed by atoms with Crippen LogP contribution < -0.4 is 19.5 Å². The first-order chi connectivity index (χ1) is 17.3. The SMILES string of the molecule is COc1ccc(S(=O)(=O)Nc2cc(Cl)ccc2Oc2ccccc2)cc1NC(=O)c1ccccc1F. The number of hydrogen-bond donors (Lipinski definition) is 2. The average Bonchev–Trinajstić information content (AvgIpc) is 2.86. The van der Waals surface area contributed by atoms with Gasteiger partial charge in [-0.05, 0) is 60.7 Å². The summed E-state index contributed by atoms with van der Waals surface area (Å²) in [5, 5.41) is 2.80. The Bertz CT molecular complexity index is 1510. The van der Waals surface area contributed by atoms with Crippen LogP contribution in [0.2, 0.25) is 5.02 Å². The van der Waals surface area contributed by atoms with Gasteiger partial charge in [0.1, 0.15) is 17.3 Å². The normalized spacial score (nSPS) is 11.0. The number of halogens is 2. The van der Waals surface area contributed by atoms with Crippen molar-refractivity contribution in [3.05, 3.63) is 107 Å². The van der Waals surface area contributed by atoms with Gasteiger partial charge in [0.2, 0.25) is 0 Å². The molecule has 0 fully saturated rings. The maximum atomic E-state index is 14.0. The van der Waals surface area contributed by atoms with Gasteiger partial charge in [-0.3, -0.25) is 9.52 Å². The lowest BCUT2D eigenvalue weighted by molar-refractivity contribution is 0.102. The van der Waals surface area contributed by atoms with Gasteiger partial charge < -0.3 is 14.8 Å². The molecule has 0 saturated carbocycles. The number of hydrogen-bond acceptors (Lipinski definition) is 5. The summed E-state index contributed by atoms with van der Waals surface area (Å²) in [6.45, 7) is 0. The summed E-state index contributed by atoms with van der Waals surface area (Å²) in [6, 6.07) is 22.7. The molecule has 0 spiro atoms. The molecule has 0 heterocycles.